The minimum atomic E-state index is 0.291. The van der Waals surface area contributed by atoms with E-state index in [4.69, 9.17) is 14.6 Å². The topological polar surface area (TPSA) is 38.7 Å². The quantitative estimate of drug-likeness (QED) is 0.401. The Kier molecular flexibility index (Phi) is 11.2. The highest BCUT2D eigenvalue weighted by Gasteiger charge is 2.03. The molecule has 0 fully saturated rings. The minimum absolute atomic E-state index is 0.291. The number of rotatable bonds is 13. The van der Waals surface area contributed by atoms with Crippen LogP contribution >= 0.6 is 0 Å². The fraction of sp³-hybridized carbons (Fsp3) is 0.619. The van der Waals surface area contributed by atoms with E-state index in [0.29, 0.717) is 19.1 Å². The van der Waals surface area contributed by atoms with Crippen LogP contribution in [0.2, 0.25) is 0 Å². The molecule has 0 unspecified atom stereocenters. The normalized spacial score (nSPS) is 13.1. The summed E-state index contributed by atoms with van der Waals surface area (Å²) in [7, 11) is 1.68. The summed E-state index contributed by atoms with van der Waals surface area (Å²) in [4.78, 5) is 0. The monoisotopic (exact) mass is 334 g/mol. The number of allylic oxidation sites excluding steroid dienone is 2. The molecule has 1 rings (SSSR count). The molecule has 1 aromatic rings. The summed E-state index contributed by atoms with van der Waals surface area (Å²) in [6, 6.07) is 8.03. The van der Waals surface area contributed by atoms with Crippen molar-refractivity contribution in [3.8, 4) is 5.75 Å². The van der Waals surface area contributed by atoms with E-state index in [1.54, 1.807) is 7.11 Å². The van der Waals surface area contributed by atoms with Crippen molar-refractivity contribution in [1.82, 2.24) is 0 Å². The van der Waals surface area contributed by atoms with Crippen molar-refractivity contribution in [2.24, 2.45) is 5.92 Å². The third kappa shape index (κ3) is 9.09. The molecule has 24 heavy (non-hydrogen) atoms. The van der Waals surface area contributed by atoms with E-state index in [-0.39, 0.29) is 0 Å². The highest BCUT2D eigenvalue weighted by atomic mass is 16.5. The molecule has 0 aliphatic heterocycles. The molecular weight excluding hydrogens is 300 g/mol. The van der Waals surface area contributed by atoms with Crippen LogP contribution in [0.4, 0.5) is 0 Å². The number of methoxy groups -OCH3 is 1. The number of ether oxygens (including phenoxy) is 2. The van der Waals surface area contributed by atoms with Crippen LogP contribution in [-0.4, -0.2) is 25.4 Å². The van der Waals surface area contributed by atoms with Crippen molar-refractivity contribution >= 4 is 0 Å². The zero-order valence-electron chi connectivity index (χ0n) is 15.6. The van der Waals surface area contributed by atoms with Gasteiger partial charge in [-0.15, -0.1) is 0 Å². The van der Waals surface area contributed by atoms with E-state index in [1.807, 2.05) is 24.3 Å². The molecule has 3 nitrogen and oxygen atoms in total. The Morgan fingerprint density at radius 3 is 2.58 bits per heavy atom. The van der Waals surface area contributed by atoms with E-state index >= 15 is 0 Å². The smallest absolute Gasteiger partial charge is 0.118 e. The van der Waals surface area contributed by atoms with Gasteiger partial charge in [0.1, 0.15) is 5.75 Å². The van der Waals surface area contributed by atoms with E-state index in [1.165, 1.54) is 17.6 Å². The summed E-state index contributed by atoms with van der Waals surface area (Å²) >= 11 is 0. The highest BCUT2D eigenvalue weighted by Crippen LogP contribution is 2.16. The summed E-state index contributed by atoms with van der Waals surface area (Å²) in [6.45, 7) is 6.25. The van der Waals surface area contributed by atoms with Gasteiger partial charge in [-0.1, -0.05) is 37.6 Å². The molecule has 0 radical (unpaired) electrons. The zero-order valence-corrected chi connectivity index (χ0v) is 15.6. The highest BCUT2D eigenvalue weighted by molar-refractivity contribution is 5.26. The Balaban J connectivity index is 2.14. The second kappa shape index (κ2) is 13.0. The first-order valence-corrected chi connectivity index (χ1v) is 9.19. The average molecular weight is 335 g/mol. The van der Waals surface area contributed by atoms with Gasteiger partial charge in [0.15, 0.2) is 0 Å². The van der Waals surface area contributed by atoms with Crippen molar-refractivity contribution in [3.05, 3.63) is 41.5 Å². The van der Waals surface area contributed by atoms with Gasteiger partial charge in [-0.2, -0.15) is 0 Å². The third-order valence-corrected chi connectivity index (χ3v) is 4.39. The second-order valence-electron chi connectivity index (χ2n) is 6.41. The minimum Gasteiger partial charge on any atom is -0.497 e. The lowest BCUT2D eigenvalue weighted by Crippen LogP contribution is -2.02. The molecule has 0 bridgehead atoms. The van der Waals surface area contributed by atoms with Crippen LogP contribution in [0.3, 0.4) is 0 Å². The lowest BCUT2D eigenvalue weighted by atomic mass is 9.99. The summed E-state index contributed by atoms with van der Waals surface area (Å²) in [5.74, 6) is 1.55. The number of benzene rings is 1. The summed E-state index contributed by atoms with van der Waals surface area (Å²) in [5.41, 5.74) is 2.66. The first kappa shape index (κ1) is 20.7. The van der Waals surface area contributed by atoms with E-state index < -0.39 is 0 Å². The van der Waals surface area contributed by atoms with E-state index in [2.05, 4.69) is 19.9 Å². The molecule has 0 saturated carbocycles. The van der Waals surface area contributed by atoms with E-state index in [9.17, 15) is 0 Å². The molecule has 0 aromatic heterocycles. The molecule has 136 valence electrons. The Labute approximate surface area is 147 Å². The first-order valence-electron chi connectivity index (χ1n) is 9.19. The van der Waals surface area contributed by atoms with Gasteiger partial charge in [-0.25, -0.2) is 0 Å². The van der Waals surface area contributed by atoms with Gasteiger partial charge in [-0.3, -0.25) is 0 Å². The van der Waals surface area contributed by atoms with Gasteiger partial charge in [-0.05, 0) is 62.1 Å². The SMILES string of the molecule is CC/C(=C\CC[C@H](C)CCOCc1ccc(OC)cc1)CCCO. The van der Waals surface area contributed by atoms with Crippen LogP contribution in [0.25, 0.3) is 0 Å². The van der Waals surface area contributed by atoms with Gasteiger partial charge in [0.05, 0.1) is 13.7 Å². The van der Waals surface area contributed by atoms with Crippen molar-refractivity contribution in [1.29, 1.82) is 0 Å². The molecule has 1 atom stereocenters. The van der Waals surface area contributed by atoms with Crippen molar-refractivity contribution in [2.75, 3.05) is 20.3 Å². The fourth-order valence-electron chi connectivity index (χ4n) is 2.64. The standard InChI is InChI=1S/C21H34O3/c1-4-19(9-6-15-22)8-5-7-18(2)14-16-24-17-20-10-12-21(23-3)13-11-20/h8,10-13,18,22H,4-7,9,14-17H2,1-3H3/b19-8+/t18-/m0/s1. The van der Waals surface area contributed by atoms with Crippen LogP contribution < -0.4 is 4.74 Å². The molecule has 3 heteroatoms. The Hall–Kier alpha value is -1.32. The Bertz CT molecular complexity index is 451. The van der Waals surface area contributed by atoms with Gasteiger partial charge >= 0.3 is 0 Å². The van der Waals surface area contributed by atoms with Crippen molar-refractivity contribution in [3.63, 3.8) is 0 Å². The Morgan fingerprint density at radius 1 is 1.21 bits per heavy atom. The molecular formula is C21H34O3. The molecule has 0 spiro atoms. The van der Waals surface area contributed by atoms with Crippen LogP contribution in [0.15, 0.2) is 35.9 Å². The molecule has 0 aliphatic rings. The van der Waals surface area contributed by atoms with Crippen molar-refractivity contribution in [2.45, 2.75) is 59.0 Å². The summed E-state index contributed by atoms with van der Waals surface area (Å²) < 4.78 is 10.9. The van der Waals surface area contributed by atoms with Gasteiger partial charge < -0.3 is 14.6 Å². The van der Waals surface area contributed by atoms with Crippen LogP contribution in [-0.2, 0) is 11.3 Å². The fourth-order valence-corrected chi connectivity index (χ4v) is 2.64. The predicted molar refractivity (Wildman–Crippen MR) is 100 cm³/mol. The Morgan fingerprint density at radius 2 is 1.96 bits per heavy atom. The summed E-state index contributed by atoms with van der Waals surface area (Å²) in [6.07, 6.45) is 8.81. The number of hydrogen-bond donors (Lipinski definition) is 1. The third-order valence-electron chi connectivity index (χ3n) is 4.39. The molecule has 0 amide bonds. The second-order valence-corrected chi connectivity index (χ2v) is 6.41. The predicted octanol–water partition coefficient (Wildman–Crippen LogP) is 5.13. The lowest BCUT2D eigenvalue weighted by molar-refractivity contribution is 0.108. The number of aliphatic hydroxyl groups is 1. The first-order chi connectivity index (χ1) is 11.7. The molecule has 0 heterocycles. The molecule has 1 N–H and O–H groups in total. The number of hydrogen-bond acceptors (Lipinski definition) is 3. The maximum atomic E-state index is 8.91. The number of aliphatic hydroxyl groups excluding tert-OH is 1. The van der Waals surface area contributed by atoms with Crippen LogP contribution in [0.5, 0.6) is 5.75 Å². The maximum absolute atomic E-state index is 8.91. The van der Waals surface area contributed by atoms with Crippen LogP contribution in [0, 0.1) is 5.92 Å². The largest absolute Gasteiger partial charge is 0.497 e. The van der Waals surface area contributed by atoms with E-state index in [0.717, 1.165) is 44.5 Å². The van der Waals surface area contributed by atoms with Gasteiger partial charge in [0.25, 0.3) is 0 Å². The zero-order chi connectivity index (χ0) is 17.6. The lowest BCUT2D eigenvalue weighted by Gasteiger charge is -2.11. The molecule has 0 aliphatic carbocycles. The molecule has 0 saturated heterocycles. The van der Waals surface area contributed by atoms with Gasteiger partial charge in [0, 0.05) is 13.2 Å². The van der Waals surface area contributed by atoms with Crippen molar-refractivity contribution < 1.29 is 14.6 Å². The maximum Gasteiger partial charge on any atom is 0.118 e. The average Bonchev–Trinajstić information content (AvgIpc) is 2.62. The van der Waals surface area contributed by atoms with Crippen LogP contribution in [0.1, 0.15) is 57.9 Å². The van der Waals surface area contributed by atoms with Gasteiger partial charge in [0.2, 0.25) is 0 Å². The summed E-state index contributed by atoms with van der Waals surface area (Å²) in [5, 5.41) is 8.91. The molecule has 1 aromatic carbocycles.